The Morgan fingerprint density at radius 2 is 2.29 bits per heavy atom. The maximum Gasteiger partial charge on any atom is 0.257 e. The van der Waals surface area contributed by atoms with E-state index in [-0.39, 0.29) is 0 Å². The number of nitrogens with zero attached hydrogens (tertiary/aromatic N) is 3. The van der Waals surface area contributed by atoms with Crippen LogP contribution < -0.4 is 0 Å². The highest BCUT2D eigenvalue weighted by Crippen LogP contribution is 2.17. The standard InChI is InChI=1S/C10H7N3O/c1-7-12-10(14-13-7)9-4-2-3-8(5-9)6-11/h2-5H,1H3. The molecule has 0 bridgehead atoms. The van der Waals surface area contributed by atoms with Crippen LogP contribution in [-0.2, 0) is 0 Å². The largest absolute Gasteiger partial charge is 0.334 e. The molecule has 0 aliphatic rings. The Labute approximate surface area is 80.8 Å². The molecular formula is C10H7N3O. The van der Waals surface area contributed by atoms with Crippen molar-refractivity contribution in [2.75, 3.05) is 0 Å². The van der Waals surface area contributed by atoms with Crippen molar-refractivity contribution in [1.82, 2.24) is 10.1 Å². The minimum atomic E-state index is 0.444. The SMILES string of the molecule is Cc1noc(-c2cccc(C#N)c2)n1. The van der Waals surface area contributed by atoms with Gasteiger partial charge in [-0.15, -0.1) is 0 Å². The lowest BCUT2D eigenvalue weighted by atomic mass is 10.1. The van der Waals surface area contributed by atoms with Crippen LogP contribution in [0.2, 0.25) is 0 Å². The maximum atomic E-state index is 8.70. The molecule has 0 unspecified atom stereocenters. The third-order valence-electron chi connectivity index (χ3n) is 1.77. The summed E-state index contributed by atoms with van der Waals surface area (Å²) in [5.74, 6) is 1.03. The van der Waals surface area contributed by atoms with Crippen molar-refractivity contribution in [3.8, 4) is 17.5 Å². The second-order valence-electron chi connectivity index (χ2n) is 2.84. The molecule has 0 atom stereocenters. The van der Waals surface area contributed by atoms with Crippen molar-refractivity contribution in [1.29, 1.82) is 5.26 Å². The average Bonchev–Trinajstić information content (AvgIpc) is 2.65. The Bertz CT molecular complexity index is 496. The molecule has 4 nitrogen and oxygen atoms in total. The molecule has 1 heterocycles. The van der Waals surface area contributed by atoms with Crippen molar-refractivity contribution in [2.45, 2.75) is 6.92 Å². The van der Waals surface area contributed by atoms with E-state index in [1.54, 1.807) is 25.1 Å². The third kappa shape index (κ3) is 1.48. The Balaban J connectivity index is 2.47. The Kier molecular flexibility index (Phi) is 1.99. The first-order valence-electron chi connectivity index (χ1n) is 4.10. The van der Waals surface area contributed by atoms with Crippen molar-refractivity contribution in [3.05, 3.63) is 35.7 Å². The van der Waals surface area contributed by atoms with E-state index in [0.717, 1.165) is 5.56 Å². The summed E-state index contributed by atoms with van der Waals surface area (Å²) in [5, 5.41) is 12.4. The highest BCUT2D eigenvalue weighted by Gasteiger charge is 2.05. The fourth-order valence-corrected chi connectivity index (χ4v) is 1.14. The summed E-state index contributed by atoms with van der Waals surface area (Å²) in [6.45, 7) is 1.75. The van der Waals surface area contributed by atoms with Gasteiger partial charge in [0.25, 0.3) is 5.89 Å². The lowest BCUT2D eigenvalue weighted by molar-refractivity contribution is 0.425. The summed E-state index contributed by atoms with van der Waals surface area (Å²) < 4.78 is 4.98. The number of hydrogen-bond acceptors (Lipinski definition) is 4. The predicted molar refractivity (Wildman–Crippen MR) is 49.2 cm³/mol. The van der Waals surface area contributed by atoms with Gasteiger partial charge in [-0.3, -0.25) is 0 Å². The highest BCUT2D eigenvalue weighted by atomic mass is 16.5. The summed E-state index contributed by atoms with van der Waals surface area (Å²) >= 11 is 0. The summed E-state index contributed by atoms with van der Waals surface area (Å²) in [7, 11) is 0. The molecule has 0 saturated carbocycles. The summed E-state index contributed by atoms with van der Waals surface area (Å²) in [5.41, 5.74) is 1.35. The van der Waals surface area contributed by atoms with E-state index < -0.39 is 0 Å². The summed E-state index contributed by atoms with van der Waals surface area (Å²) in [6.07, 6.45) is 0. The van der Waals surface area contributed by atoms with E-state index in [0.29, 0.717) is 17.3 Å². The molecule has 14 heavy (non-hydrogen) atoms. The van der Waals surface area contributed by atoms with Crippen LogP contribution in [0.5, 0.6) is 0 Å². The van der Waals surface area contributed by atoms with Gasteiger partial charge in [0.2, 0.25) is 0 Å². The average molecular weight is 185 g/mol. The summed E-state index contributed by atoms with van der Waals surface area (Å²) in [4.78, 5) is 4.07. The molecule has 1 aromatic heterocycles. The van der Waals surface area contributed by atoms with Gasteiger partial charge in [0.15, 0.2) is 5.82 Å². The quantitative estimate of drug-likeness (QED) is 0.680. The van der Waals surface area contributed by atoms with Gasteiger partial charge in [-0.2, -0.15) is 10.2 Å². The zero-order chi connectivity index (χ0) is 9.97. The number of nitriles is 1. The number of benzene rings is 1. The zero-order valence-corrected chi connectivity index (χ0v) is 7.56. The van der Waals surface area contributed by atoms with Crippen LogP contribution in [0.1, 0.15) is 11.4 Å². The Hall–Kier alpha value is -2.15. The number of rotatable bonds is 1. The molecule has 0 saturated heterocycles. The van der Waals surface area contributed by atoms with E-state index in [9.17, 15) is 0 Å². The topological polar surface area (TPSA) is 62.7 Å². The Morgan fingerprint density at radius 3 is 2.93 bits per heavy atom. The van der Waals surface area contributed by atoms with Crippen molar-refractivity contribution >= 4 is 0 Å². The van der Waals surface area contributed by atoms with E-state index in [4.69, 9.17) is 9.78 Å². The zero-order valence-electron chi connectivity index (χ0n) is 7.56. The number of aromatic nitrogens is 2. The van der Waals surface area contributed by atoms with Gasteiger partial charge in [0.1, 0.15) is 0 Å². The maximum absolute atomic E-state index is 8.70. The van der Waals surface area contributed by atoms with Crippen molar-refractivity contribution < 1.29 is 4.52 Å². The molecule has 0 aliphatic heterocycles. The van der Waals surface area contributed by atoms with Gasteiger partial charge in [0.05, 0.1) is 11.6 Å². The molecule has 0 fully saturated rings. The van der Waals surface area contributed by atoms with Crippen LogP contribution in [0.3, 0.4) is 0 Å². The second-order valence-corrected chi connectivity index (χ2v) is 2.84. The van der Waals surface area contributed by atoms with Gasteiger partial charge >= 0.3 is 0 Å². The predicted octanol–water partition coefficient (Wildman–Crippen LogP) is 1.92. The van der Waals surface area contributed by atoms with E-state index in [1.165, 1.54) is 0 Å². The number of aryl methyl sites for hydroxylation is 1. The monoisotopic (exact) mass is 185 g/mol. The van der Waals surface area contributed by atoms with Crippen LogP contribution in [0.15, 0.2) is 28.8 Å². The van der Waals surface area contributed by atoms with E-state index in [1.807, 2.05) is 6.07 Å². The highest BCUT2D eigenvalue weighted by molar-refractivity contribution is 5.55. The molecule has 0 N–H and O–H groups in total. The first-order chi connectivity index (χ1) is 6.79. The van der Waals surface area contributed by atoms with E-state index >= 15 is 0 Å². The molecule has 0 spiro atoms. The smallest absolute Gasteiger partial charge is 0.257 e. The first kappa shape index (κ1) is 8.45. The molecule has 2 rings (SSSR count). The van der Waals surface area contributed by atoms with Crippen molar-refractivity contribution in [2.24, 2.45) is 0 Å². The normalized spacial score (nSPS) is 9.71. The van der Waals surface area contributed by atoms with Crippen LogP contribution in [0.25, 0.3) is 11.5 Å². The molecule has 0 aliphatic carbocycles. The molecule has 0 amide bonds. The lowest BCUT2D eigenvalue weighted by Crippen LogP contribution is -1.80. The first-order valence-corrected chi connectivity index (χ1v) is 4.10. The fourth-order valence-electron chi connectivity index (χ4n) is 1.14. The van der Waals surface area contributed by atoms with Crippen LogP contribution in [0, 0.1) is 18.3 Å². The minimum Gasteiger partial charge on any atom is -0.334 e. The molecule has 2 aromatic rings. The molecular weight excluding hydrogens is 178 g/mol. The molecule has 68 valence electrons. The van der Waals surface area contributed by atoms with Crippen molar-refractivity contribution in [3.63, 3.8) is 0 Å². The lowest BCUT2D eigenvalue weighted by Gasteiger charge is -1.93. The number of hydrogen-bond donors (Lipinski definition) is 0. The van der Waals surface area contributed by atoms with Gasteiger partial charge in [-0.1, -0.05) is 11.2 Å². The van der Waals surface area contributed by atoms with Gasteiger partial charge < -0.3 is 4.52 Å². The van der Waals surface area contributed by atoms with Gasteiger partial charge in [-0.05, 0) is 25.1 Å². The molecule has 0 radical (unpaired) electrons. The molecule has 1 aromatic carbocycles. The Morgan fingerprint density at radius 1 is 1.43 bits per heavy atom. The van der Waals surface area contributed by atoms with Gasteiger partial charge in [-0.25, -0.2) is 0 Å². The third-order valence-corrected chi connectivity index (χ3v) is 1.77. The minimum absolute atomic E-state index is 0.444. The van der Waals surface area contributed by atoms with Gasteiger partial charge in [0, 0.05) is 5.56 Å². The van der Waals surface area contributed by atoms with Crippen LogP contribution in [-0.4, -0.2) is 10.1 Å². The second kappa shape index (κ2) is 3.30. The van der Waals surface area contributed by atoms with Crippen LogP contribution >= 0.6 is 0 Å². The van der Waals surface area contributed by atoms with Crippen LogP contribution in [0.4, 0.5) is 0 Å². The molecule has 4 heteroatoms. The van der Waals surface area contributed by atoms with E-state index in [2.05, 4.69) is 16.2 Å². The fraction of sp³-hybridized carbons (Fsp3) is 0.100. The summed E-state index contributed by atoms with van der Waals surface area (Å²) in [6, 6.07) is 9.11.